The lowest BCUT2D eigenvalue weighted by Gasteiger charge is -2.21. The zero-order chi connectivity index (χ0) is 14.8. The van der Waals surface area contributed by atoms with Gasteiger partial charge in [0.1, 0.15) is 5.82 Å². The lowest BCUT2D eigenvalue weighted by atomic mass is 9.89. The van der Waals surface area contributed by atoms with E-state index in [-0.39, 0.29) is 5.91 Å². The van der Waals surface area contributed by atoms with Gasteiger partial charge in [0.25, 0.3) is 0 Å². The predicted molar refractivity (Wildman–Crippen MR) is 80.6 cm³/mol. The highest BCUT2D eigenvalue weighted by atomic mass is 35.5. The van der Waals surface area contributed by atoms with Gasteiger partial charge in [-0.05, 0) is 38.9 Å². The smallest absolute Gasteiger partial charge is 0.224 e. The van der Waals surface area contributed by atoms with Gasteiger partial charge in [0, 0.05) is 19.6 Å². The SMILES string of the molecule is CCNc1ccc(Cl)c(CN2CCC(C)(C(N)=O)C2)n1. The van der Waals surface area contributed by atoms with Crippen molar-refractivity contribution < 1.29 is 4.79 Å². The van der Waals surface area contributed by atoms with Gasteiger partial charge in [-0.3, -0.25) is 9.69 Å². The van der Waals surface area contributed by atoms with Gasteiger partial charge in [0.2, 0.25) is 5.91 Å². The molecule has 3 N–H and O–H groups in total. The Morgan fingerprint density at radius 3 is 2.95 bits per heavy atom. The standard InChI is InChI=1S/C14H21ClN4O/c1-3-17-12-5-4-10(15)11(18-12)8-19-7-6-14(2,9-19)13(16)20/h4-5H,3,6-9H2,1-2H3,(H2,16,20)(H,17,18). The van der Waals surface area contributed by atoms with Gasteiger partial charge in [-0.2, -0.15) is 0 Å². The molecule has 1 amide bonds. The fourth-order valence-corrected chi connectivity index (χ4v) is 2.64. The number of primary amides is 1. The Hall–Kier alpha value is -1.33. The normalized spacial score (nSPS) is 22.9. The molecular formula is C14H21ClN4O. The monoisotopic (exact) mass is 296 g/mol. The first kappa shape index (κ1) is 15.1. The van der Waals surface area contributed by atoms with E-state index in [9.17, 15) is 4.79 Å². The summed E-state index contributed by atoms with van der Waals surface area (Å²) in [7, 11) is 0. The minimum Gasteiger partial charge on any atom is -0.370 e. The third-order valence-electron chi connectivity index (χ3n) is 3.80. The molecule has 1 fully saturated rings. The van der Waals surface area contributed by atoms with E-state index in [1.165, 1.54) is 0 Å². The highest BCUT2D eigenvalue weighted by Gasteiger charge is 2.38. The van der Waals surface area contributed by atoms with Crippen molar-refractivity contribution in [1.82, 2.24) is 9.88 Å². The zero-order valence-electron chi connectivity index (χ0n) is 11.9. The van der Waals surface area contributed by atoms with E-state index in [2.05, 4.69) is 15.2 Å². The molecule has 0 bridgehead atoms. The van der Waals surface area contributed by atoms with Crippen molar-refractivity contribution in [3.8, 4) is 0 Å². The Kier molecular flexibility index (Phi) is 4.50. The van der Waals surface area contributed by atoms with Crippen LogP contribution in [0, 0.1) is 5.41 Å². The molecule has 0 radical (unpaired) electrons. The molecular weight excluding hydrogens is 276 g/mol. The first-order valence-corrected chi connectivity index (χ1v) is 7.24. The average molecular weight is 297 g/mol. The molecule has 20 heavy (non-hydrogen) atoms. The maximum absolute atomic E-state index is 11.5. The summed E-state index contributed by atoms with van der Waals surface area (Å²) < 4.78 is 0. The third-order valence-corrected chi connectivity index (χ3v) is 4.14. The van der Waals surface area contributed by atoms with E-state index in [0.717, 1.165) is 31.0 Å². The summed E-state index contributed by atoms with van der Waals surface area (Å²) in [4.78, 5) is 18.2. The van der Waals surface area contributed by atoms with Crippen molar-refractivity contribution in [1.29, 1.82) is 0 Å². The van der Waals surface area contributed by atoms with Crippen LogP contribution in [0.5, 0.6) is 0 Å². The lowest BCUT2D eigenvalue weighted by Crippen LogP contribution is -2.37. The minimum absolute atomic E-state index is 0.236. The summed E-state index contributed by atoms with van der Waals surface area (Å²) in [5.74, 6) is 0.587. The summed E-state index contributed by atoms with van der Waals surface area (Å²) in [5.41, 5.74) is 5.86. The molecule has 1 aromatic heterocycles. The molecule has 0 aromatic carbocycles. The quantitative estimate of drug-likeness (QED) is 0.870. The lowest BCUT2D eigenvalue weighted by molar-refractivity contribution is -0.126. The van der Waals surface area contributed by atoms with Crippen LogP contribution in [0.25, 0.3) is 0 Å². The van der Waals surface area contributed by atoms with Crippen LogP contribution < -0.4 is 11.1 Å². The molecule has 1 saturated heterocycles. The molecule has 0 saturated carbocycles. The molecule has 0 spiro atoms. The van der Waals surface area contributed by atoms with Gasteiger partial charge in [0.15, 0.2) is 0 Å². The third kappa shape index (κ3) is 3.22. The first-order valence-electron chi connectivity index (χ1n) is 6.86. The fraction of sp³-hybridized carbons (Fsp3) is 0.571. The summed E-state index contributed by atoms with van der Waals surface area (Å²) in [6.45, 7) is 6.89. The highest BCUT2D eigenvalue weighted by Crippen LogP contribution is 2.31. The molecule has 0 aliphatic carbocycles. The Labute approximate surface area is 124 Å². The van der Waals surface area contributed by atoms with E-state index in [1.807, 2.05) is 26.0 Å². The van der Waals surface area contributed by atoms with Crippen LogP contribution in [0.3, 0.4) is 0 Å². The van der Waals surface area contributed by atoms with Crippen molar-refractivity contribution in [3.05, 3.63) is 22.8 Å². The van der Waals surface area contributed by atoms with Crippen molar-refractivity contribution in [2.45, 2.75) is 26.8 Å². The minimum atomic E-state index is -0.439. The van der Waals surface area contributed by atoms with Crippen LogP contribution in [0.1, 0.15) is 26.0 Å². The number of pyridine rings is 1. The van der Waals surface area contributed by atoms with E-state index in [0.29, 0.717) is 18.1 Å². The Morgan fingerprint density at radius 2 is 2.35 bits per heavy atom. The van der Waals surface area contributed by atoms with Gasteiger partial charge >= 0.3 is 0 Å². The molecule has 2 heterocycles. The van der Waals surface area contributed by atoms with Crippen LogP contribution >= 0.6 is 11.6 Å². The molecule has 5 nitrogen and oxygen atoms in total. The van der Waals surface area contributed by atoms with Crippen molar-refractivity contribution >= 4 is 23.3 Å². The first-order chi connectivity index (χ1) is 9.44. The highest BCUT2D eigenvalue weighted by molar-refractivity contribution is 6.31. The number of nitrogens with one attached hydrogen (secondary N) is 1. The number of likely N-dealkylation sites (tertiary alicyclic amines) is 1. The maximum Gasteiger partial charge on any atom is 0.224 e. The number of anilines is 1. The Morgan fingerprint density at radius 1 is 1.60 bits per heavy atom. The van der Waals surface area contributed by atoms with E-state index in [4.69, 9.17) is 17.3 Å². The van der Waals surface area contributed by atoms with Gasteiger partial charge in [-0.15, -0.1) is 0 Å². The Balaban J connectivity index is 2.07. The number of carbonyl (C=O) groups excluding carboxylic acids is 1. The topological polar surface area (TPSA) is 71.2 Å². The molecule has 2 rings (SSSR count). The van der Waals surface area contributed by atoms with E-state index >= 15 is 0 Å². The number of hydrogen-bond donors (Lipinski definition) is 2. The van der Waals surface area contributed by atoms with Crippen LogP contribution in [0.15, 0.2) is 12.1 Å². The number of amides is 1. The molecule has 1 aliphatic heterocycles. The maximum atomic E-state index is 11.5. The van der Waals surface area contributed by atoms with E-state index in [1.54, 1.807) is 0 Å². The molecule has 6 heteroatoms. The van der Waals surface area contributed by atoms with Crippen LogP contribution in [0.4, 0.5) is 5.82 Å². The van der Waals surface area contributed by atoms with Crippen molar-refractivity contribution in [3.63, 3.8) is 0 Å². The Bertz CT molecular complexity index is 508. The molecule has 1 unspecified atom stereocenters. The number of rotatable bonds is 5. The number of hydrogen-bond acceptors (Lipinski definition) is 4. The van der Waals surface area contributed by atoms with Crippen molar-refractivity contribution in [2.24, 2.45) is 11.1 Å². The summed E-state index contributed by atoms with van der Waals surface area (Å²) in [5, 5.41) is 3.82. The molecule has 1 atom stereocenters. The number of nitrogens with zero attached hydrogens (tertiary/aromatic N) is 2. The predicted octanol–water partition coefficient (Wildman–Crippen LogP) is 1.86. The molecule has 1 aromatic rings. The van der Waals surface area contributed by atoms with Gasteiger partial charge in [-0.25, -0.2) is 4.98 Å². The van der Waals surface area contributed by atoms with E-state index < -0.39 is 5.41 Å². The van der Waals surface area contributed by atoms with Crippen LogP contribution in [-0.4, -0.2) is 35.4 Å². The average Bonchev–Trinajstić information content (AvgIpc) is 2.77. The number of carbonyl (C=O) groups is 1. The number of halogens is 1. The summed E-state index contributed by atoms with van der Waals surface area (Å²) >= 11 is 6.20. The fourth-order valence-electron chi connectivity index (χ4n) is 2.48. The number of nitrogens with two attached hydrogens (primary N) is 1. The number of aromatic nitrogens is 1. The second-order valence-electron chi connectivity index (χ2n) is 5.54. The van der Waals surface area contributed by atoms with Crippen LogP contribution in [-0.2, 0) is 11.3 Å². The van der Waals surface area contributed by atoms with Crippen LogP contribution in [0.2, 0.25) is 5.02 Å². The molecule has 110 valence electrons. The van der Waals surface area contributed by atoms with Crippen molar-refractivity contribution in [2.75, 3.05) is 25.0 Å². The second-order valence-corrected chi connectivity index (χ2v) is 5.95. The summed E-state index contributed by atoms with van der Waals surface area (Å²) in [6, 6.07) is 3.72. The zero-order valence-corrected chi connectivity index (χ0v) is 12.7. The van der Waals surface area contributed by atoms with Gasteiger partial charge in [0.05, 0.1) is 16.1 Å². The van der Waals surface area contributed by atoms with Gasteiger partial charge in [-0.1, -0.05) is 11.6 Å². The second kappa shape index (κ2) is 5.97. The molecule has 1 aliphatic rings. The van der Waals surface area contributed by atoms with Gasteiger partial charge < -0.3 is 11.1 Å². The largest absolute Gasteiger partial charge is 0.370 e. The summed E-state index contributed by atoms with van der Waals surface area (Å²) in [6.07, 6.45) is 0.785.